The third kappa shape index (κ3) is 3.90. The molecular formula is C19H25FN4O. The maximum absolute atomic E-state index is 13.0. The molecule has 0 saturated carbocycles. The van der Waals surface area contributed by atoms with Crippen molar-refractivity contribution in [3.8, 4) is 0 Å². The summed E-state index contributed by atoms with van der Waals surface area (Å²) in [7, 11) is 1.87. The van der Waals surface area contributed by atoms with Gasteiger partial charge in [-0.25, -0.2) is 4.39 Å². The molecule has 1 aromatic heterocycles. The van der Waals surface area contributed by atoms with E-state index in [-0.39, 0.29) is 11.7 Å². The quantitative estimate of drug-likeness (QED) is 0.859. The van der Waals surface area contributed by atoms with Crippen molar-refractivity contribution in [3.05, 3.63) is 52.6 Å². The van der Waals surface area contributed by atoms with Gasteiger partial charge in [0.15, 0.2) is 0 Å². The summed E-state index contributed by atoms with van der Waals surface area (Å²) in [6.45, 7) is 7.83. The molecule has 0 aliphatic carbocycles. The van der Waals surface area contributed by atoms with Crippen molar-refractivity contribution in [1.82, 2.24) is 19.6 Å². The smallest absolute Gasteiger partial charge is 0.257 e. The molecule has 5 nitrogen and oxygen atoms in total. The van der Waals surface area contributed by atoms with Gasteiger partial charge in [-0.1, -0.05) is 12.1 Å². The maximum atomic E-state index is 13.0. The fourth-order valence-corrected chi connectivity index (χ4v) is 3.42. The van der Waals surface area contributed by atoms with Crippen LogP contribution >= 0.6 is 0 Å². The minimum atomic E-state index is -0.210. The van der Waals surface area contributed by atoms with Crippen LogP contribution < -0.4 is 0 Å². The minimum Gasteiger partial charge on any atom is -0.337 e. The van der Waals surface area contributed by atoms with Crippen LogP contribution in [0, 0.1) is 19.7 Å². The molecule has 0 N–H and O–H groups in total. The van der Waals surface area contributed by atoms with E-state index < -0.39 is 0 Å². The van der Waals surface area contributed by atoms with E-state index in [1.807, 2.05) is 37.9 Å². The number of nitrogens with zero attached hydrogens (tertiary/aromatic N) is 4. The van der Waals surface area contributed by atoms with Gasteiger partial charge in [0.2, 0.25) is 0 Å². The van der Waals surface area contributed by atoms with Gasteiger partial charge in [0.1, 0.15) is 5.82 Å². The van der Waals surface area contributed by atoms with Crippen molar-refractivity contribution < 1.29 is 9.18 Å². The Morgan fingerprint density at radius 3 is 2.48 bits per heavy atom. The summed E-state index contributed by atoms with van der Waals surface area (Å²) < 4.78 is 14.8. The second kappa shape index (κ2) is 7.35. The van der Waals surface area contributed by atoms with E-state index in [2.05, 4.69) is 10.00 Å². The van der Waals surface area contributed by atoms with Crippen molar-refractivity contribution >= 4 is 5.91 Å². The van der Waals surface area contributed by atoms with E-state index in [1.54, 1.807) is 4.68 Å². The van der Waals surface area contributed by atoms with Crippen molar-refractivity contribution in [1.29, 1.82) is 0 Å². The number of rotatable bonds is 3. The van der Waals surface area contributed by atoms with Crippen LogP contribution in [0.15, 0.2) is 24.3 Å². The Kier molecular flexibility index (Phi) is 5.18. The van der Waals surface area contributed by atoms with Crippen molar-refractivity contribution in [2.45, 2.75) is 26.8 Å². The Hall–Kier alpha value is -2.21. The van der Waals surface area contributed by atoms with Crippen molar-refractivity contribution in [3.63, 3.8) is 0 Å². The standard InChI is InChI=1S/C19H25FN4O/c1-14-18(15(2)22(3)21-14)19(25)24-10-4-9-23(11-12-24)13-16-5-7-17(20)8-6-16/h5-8H,4,9-13H2,1-3H3. The third-order valence-electron chi connectivity index (χ3n) is 4.92. The van der Waals surface area contributed by atoms with Gasteiger partial charge < -0.3 is 4.90 Å². The van der Waals surface area contributed by atoms with Gasteiger partial charge in [-0.2, -0.15) is 5.10 Å². The number of hydrogen-bond acceptors (Lipinski definition) is 3. The van der Waals surface area contributed by atoms with Crippen LogP contribution in [0.4, 0.5) is 4.39 Å². The lowest BCUT2D eigenvalue weighted by Crippen LogP contribution is -2.35. The van der Waals surface area contributed by atoms with Crippen LogP contribution in [0.5, 0.6) is 0 Å². The zero-order valence-electron chi connectivity index (χ0n) is 15.1. The number of benzene rings is 1. The highest BCUT2D eigenvalue weighted by Crippen LogP contribution is 2.17. The molecule has 1 saturated heterocycles. The molecule has 2 heterocycles. The molecule has 25 heavy (non-hydrogen) atoms. The SMILES string of the molecule is Cc1nn(C)c(C)c1C(=O)N1CCCN(Cc2ccc(F)cc2)CC1. The lowest BCUT2D eigenvalue weighted by molar-refractivity contribution is 0.0759. The zero-order valence-corrected chi connectivity index (χ0v) is 15.1. The number of carbonyl (C=O) groups is 1. The van der Waals surface area contributed by atoms with Crippen LogP contribution in [-0.2, 0) is 13.6 Å². The Labute approximate surface area is 148 Å². The first-order chi connectivity index (χ1) is 12.0. The first-order valence-electron chi connectivity index (χ1n) is 8.72. The van der Waals surface area contributed by atoms with Gasteiger partial charge in [-0.15, -0.1) is 0 Å². The summed E-state index contributed by atoms with van der Waals surface area (Å²) in [5.74, 6) is -0.134. The Bertz CT molecular complexity index is 754. The zero-order chi connectivity index (χ0) is 18.0. The lowest BCUT2D eigenvalue weighted by atomic mass is 10.1. The third-order valence-corrected chi connectivity index (χ3v) is 4.92. The number of aryl methyl sites for hydroxylation is 2. The number of hydrogen-bond donors (Lipinski definition) is 0. The Morgan fingerprint density at radius 2 is 1.84 bits per heavy atom. The summed E-state index contributed by atoms with van der Waals surface area (Å²) in [6, 6.07) is 6.64. The summed E-state index contributed by atoms with van der Waals surface area (Å²) in [4.78, 5) is 17.2. The van der Waals surface area contributed by atoms with Gasteiger partial charge in [0.05, 0.1) is 11.3 Å². The average Bonchev–Trinajstić information content (AvgIpc) is 2.76. The van der Waals surface area contributed by atoms with Gasteiger partial charge >= 0.3 is 0 Å². The monoisotopic (exact) mass is 344 g/mol. The molecule has 3 rings (SSSR count). The summed E-state index contributed by atoms with van der Waals surface area (Å²) >= 11 is 0. The maximum Gasteiger partial charge on any atom is 0.257 e. The molecule has 1 amide bonds. The largest absolute Gasteiger partial charge is 0.337 e. The van der Waals surface area contributed by atoms with Crippen LogP contribution in [0.3, 0.4) is 0 Å². The highest BCUT2D eigenvalue weighted by molar-refractivity contribution is 5.96. The lowest BCUT2D eigenvalue weighted by Gasteiger charge is -2.22. The van der Waals surface area contributed by atoms with E-state index in [4.69, 9.17) is 0 Å². The molecule has 0 bridgehead atoms. The predicted molar refractivity (Wildman–Crippen MR) is 94.9 cm³/mol. The normalized spacial score (nSPS) is 16.1. The van der Waals surface area contributed by atoms with Gasteiger partial charge in [-0.05, 0) is 38.0 Å². The molecule has 0 radical (unpaired) electrons. The highest BCUT2D eigenvalue weighted by atomic mass is 19.1. The molecule has 0 atom stereocenters. The molecule has 1 aliphatic heterocycles. The Morgan fingerprint density at radius 1 is 1.12 bits per heavy atom. The molecule has 1 aliphatic rings. The molecule has 0 spiro atoms. The highest BCUT2D eigenvalue weighted by Gasteiger charge is 2.25. The molecule has 0 unspecified atom stereocenters. The Balaban J connectivity index is 1.65. The van der Waals surface area contributed by atoms with E-state index in [1.165, 1.54) is 12.1 Å². The van der Waals surface area contributed by atoms with Crippen molar-refractivity contribution in [2.75, 3.05) is 26.2 Å². The molecule has 1 fully saturated rings. The van der Waals surface area contributed by atoms with Crippen LogP contribution in [0.25, 0.3) is 0 Å². The first kappa shape index (κ1) is 17.6. The van der Waals surface area contributed by atoms with Gasteiger partial charge in [-0.3, -0.25) is 14.4 Å². The molecule has 6 heteroatoms. The van der Waals surface area contributed by atoms with Crippen LogP contribution in [0.1, 0.15) is 33.7 Å². The fraction of sp³-hybridized carbons (Fsp3) is 0.474. The van der Waals surface area contributed by atoms with E-state index in [0.717, 1.165) is 55.1 Å². The van der Waals surface area contributed by atoms with Crippen LogP contribution in [0.2, 0.25) is 0 Å². The number of halogens is 1. The topological polar surface area (TPSA) is 41.4 Å². The fourth-order valence-electron chi connectivity index (χ4n) is 3.42. The second-order valence-electron chi connectivity index (χ2n) is 6.72. The van der Waals surface area contributed by atoms with Gasteiger partial charge in [0, 0.05) is 45.5 Å². The second-order valence-corrected chi connectivity index (χ2v) is 6.72. The van der Waals surface area contributed by atoms with Crippen molar-refractivity contribution in [2.24, 2.45) is 7.05 Å². The van der Waals surface area contributed by atoms with Crippen LogP contribution in [-0.4, -0.2) is 51.7 Å². The van der Waals surface area contributed by atoms with E-state index in [9.17, 15) is 9.18 Å². The number of carbonyl (C=O) groups excluding carboxylic acids is 1. The first-order valence-corrected chi connectivity index (χ1v) is 8.72. The minimum absolute atomic E-state index is 0.0757. The predicted octanol–water partition coefficient (Wildman–Crippen LogP) is 2.52. The van der Waals surface area contributed by atoms with Gasteiger partial charge in [0.25, 0.3) is 5.91 Å². The molecule has 1 aromatic carbocycles. The summed E-state index contributed by atoms with van der Waals surface area (Å²) in [5.41, 5.74) is 3.53. The average molecular weight is 344 g/mol. The number of amides is 1. The molecule has 2 aromatic rings. The molecule has 134 valence electrons. The summed E-state index contributed by atoms with van der Waals surface area (Å²) in [6.07, 6.45) is 0.936. The summed E-state index contributed by atoms with van der Waals surface area (Å²) in [5, 5.41) is 4.36. The number of aromatic nitrogens is 2. The van der Waals surface area contributed by atoms with E-state index >= 15 is 0 Å². The van der Waals surface area contributed by atoms with E-state index in [0.29, 0.717) is 6.54 Å². The molecular weight excluding hydrogens is 319 g/mol.